The smallest absolute Gasteiger partial charge is 0.253 e. The van der Waals surface area contributed by atoms with Crippen molar-refractivity contribution in [1.82, 2.24) is 20.1 Å². The zero-order valence-corrected chi connectivity index (χ0v) is 24.6. The second-order valence-electron chi connectivity index (χ2n) is 8.93. The predicted octanol–water partition coefficient (Wildman–Crippen LogP) is 6.75. The number of aryl methyl sites for hydroxylation is 2. The molecule has 11 heteroatoms. The van der Waals surface area contributed by atoms with Gasteiger partial charge >= 0.3 is 0 Å². The normalized spacial score (nSPS) is 12.0. The zero-order valence-electron chi connectivity index (χ0n) is 20.7. The Kier molecular flexibility index (Phi) is 9.86. The molecule has 0 saturated heterocycles. The SMILES string of the molecule is Cc1cc(Br)c(NC(=O)CSc2nnc([C@@H](CC(C)C)NC(=O)c3ccc(Cl)cc3Cl)n2C)cc1C. The highest BCUT2D eigenvalue weighted by molar-refractivity contribution is 9.10. The van der Waals surface area contributed by atoms with E-state index in [4.69, 9.17) is 23.2 Å². The van der Waals surface area contributed by atoms with Crippen LogP contribution in [0.2, 0.25) is 10.0 Å². The average Bonchev–Trinajstić information content (AvgIpc) is 3.15. The van der Waals surface area contributed by atoms with E-state index in [-0.39, 0.29) is 28.5 Å². The predicted molar refractivity (Wildman–Crippen MR) is 150 cm³/mol. The lowest BCUT2D eigenvalue weighted by Gasteiger charge is -2.20. The molecule has 1 heterocycles. The number of hydrogen-bond donors (Lipinski definition) is 2. The lowest BCUT2D eigenvalue weighted by atomic mass is 10.0. The highest BCUT2D eigenvalue weighted by Gasteiger charge is 2.24. The number of amides is 2. The van der Waals surface area contributed by atoms with Crippen LogP contribution < -0.4 is 10.6 Å². The molecule has 0 aliphatic heterocycles. The molecule has 2 amide bonds. The number of halogens is 3. The van der Waals surface area contributed by atoms with Gasteiger partial charge < -0.3 is 15.2 Å². The van der Waals surface area contributed by atoms with Crippen molar-refractivity contribution < 1.29 is 9.59 Å². The summed E-state index contributed by atoms with van der Waals surface area (Å²) in [4.78, 5) is 25.6. The van der Waals surface area contributed by atoms with Gasteiger partial charge in [0, 0.05) is 16.5 Å². The molecule has 0 bridgehead atoms. The number of carbonyl (C=O) groups is 2. The van der Waals surface area contributed by atoms with Crippen molar-refractivity contribution in [2.24, 2.45) is 13.0 Å². The van der Waals surface area contributed by atoms with Crippen molar-refractivity contribution in [3.63, 3.8) is 0 Å². The summed E-state index contributed by atoms with van der Waals surface area (Å²) in [5.74, 6) is 0.566. The molecule has 192 valence electrons. The summed E-state index contributed by atoms with van der Waals surface area (Å²) in [7, 11) is 1.82. The first-order valence-corrected chi connectivity index (χ1v) is 13.8. The fourth-order valence-corrected chi connectivity index (χ4v) is 5.33. The first-order chi connectivity index (χ1) is 17.0. The molecule has 0 spiro atoms. The summed E-state index contributed by atoms with van der Waals surface area (Å²) < 4.78 is 2.64. The fourth-order valence-electron chi connectivity index (χ4n) is 3.56. The Bertz CT molecular complexity index is 1280. The van der Waals surface area contributed by atoms with Gasteiger partial charge in [0.05, 0.1) is 28.1 Å². The van der Waals surface area contributed by atoms with Crippen LogP contribution in [-0.2, 0) is 11.8 Å². The second-order valence-corrected chi connectivity index (χ2v) is 11.6. The van der Waals surface area contributed by atoms with Gasteiger partial charge in [-0.1, -0.05) is 48.8 Å². The van der Waals surface area contributed by atoms with Crippen LogP contribution in [-0.4, -0.2) is 32.3 Å². The van der Waals surface area contributed by atoms with Gasteiger partial charge in [-0.15, -0.1) is 10.2 Å². The number of anilines is 1. The molecule has 7 nitrogen and oxygen atoms in total. The molecular weight excluding hydrogens is 585 g/mol. The number of hydrogen-bond acceptors (Lipinski definition) is 5. The lowest BCUT2D eigenvalue weighted by molar-refractivity contribution is -0.113. The third-order valence-corrected chi connectivity index (χ3v) is 7.78. The molecule has 1 atom stereocenters. The van der Waals surface area contributed by atoms with E-state index in [1.54, 1.807) is 16.7 Å². The average molecular weight is 613 g/mol. The van der Waals surface area contributed by atoms with Crippen molar-refractivity contribution >= 4 is 68.4 Å². The van der Waals surface area contributed by atoms with E-state index in [0.717, 1.165) is 21.3 Å². The highest BCUT2D eigenvalue weighted by atomic mass is 79.9. The lowest BCUT2D eigenvalue weighted by Crippen LogP contribution is -2.31. The molecule has 0 unspecified atom stereocenters. The van der Waals surface area contributed by atoms with Gasteiger partial charge in [0.25, 0.3) is 5.91 Å². The Morgan fingerprint density at radius 2 is 1.81 bits per heavy atom. The molecule has 0 aliphatic carbocycles. The van der Waals surface area contributed by atoms with E-state index in [1.807, 2.05) is 33.0 Å². The largest absolute Gasteiger partial charge is 0.342 e. The monoisotopic (exact) mass is 611 g/mol. The van der Waals surface area contributed by atoms with E-state index in [2.05, 4.69) is 50.6 Å². The summed E-state index contributed by atoms with van der Waals surface area (Å²) in [5, 5.41) is 15.9. The molecular formula is C25H28BrCl2N5O2S. The summed E-state index contributed by atoms with van der Waals surface area (Å²) in [5.41, 5.74) is 3.29. The molecule has 3 aromatic rings. The zero-order chi connectivity index (χ0) is 26.6. The van der Waals surface area contributed by atoms with Crippen LogP contribution in [0.25, 0.3) is 0 Å². The Hall–Kier alpha value is -2.07. The quantitative estimate of drug-likeness (QED) is 0.261. The first-order valence-electron chi connectivity index (χ1n) is 11.3. The maximum atomic E-state index is 13.0. The van der Waals surface area contributed by atoms with Gasteiger partial charge in [-0.3, -0.25) is 9.59 Å². The van der Waals surface area contributed by atoms with Crippen LogP contribution in [0.3, 0.4) is 0 Å². The molecule has 3 rings (SSSR count). The Labute approximate surface area is 233 Å². The number of nitrogens with one attached hydrogen (secondary N) is 2. The number of carbonyl (C=O) groups excluding carboxylic acids is 2. The van der Waals surface area contributed by atoms with Gasteiger partial charge in [-0.05, 0) is 83.6 Å². The molecule has 0 fully saturated rings. The van der Waals surface area contributed by atoms with E-state index >= 15 is 0 Å². The Balaban J connectivity index is 1.71. The highest BCUT2D eigenvalue weighted by Crippen LogP contribution is 2.28. The minimum atomic E-state index is -0.392. The van der Waals surface area contributed by atoms with Crippen molar-refractivity contribution in [3.05, 3.63) is 67.4 Å². The van der Waals surface area contributed by atoms with E-state index < -0.39 is 6.04 Å². The topological polar surface area (TPSA) is 88.9 Å². The van der Waals surface area contributed by atoms with Crippen molar-refractivity contribution in [2.75, 3.05) is 11.1 Å². The number of aromatic nitrogens is 3. The van der Waals surface area contributed by atoms with Gasteiger partial charge in [0.15, 0.2) is 11.0 Å². The summed E-state index contributed by atoms with van der Waals surface area (Å²) in [6.07, 6.45) is 0.648. The van der Waals surface area contributed by atoms with Crippen LogP contribution in [0.5, 0.6) is 0 Å². The van der Waals surface area contributed by atoms with Crippen LogP contribution in [0, 0.1) is 19.8 Å². The number of benzene rings is 2. The molecule has 1 aromatic heterocycles. The van der Waals surface area contributed by atoms with Crippen LogP contribution in [0.4, 0.5) is 5.69 Å². The van der Waals surface area contributed by atoms with Crippen molar-refractivity contribution in [2.45, 2.75) is 45.3 Å². The van der Waals surface area contributed by atoms with Crippen LogP contribution in [0.15, 0.2) is 40.0 Å². The van der Waals surface area contributed by atoms with Crippen LogP contribution in [0.1, 0.15) is 53.6 Å². The Morgan fingerprint density at radius 1 is 1.11 bits per heavy atom. The van der Waals surface area contributed by atoms with Gasteiger partial charge in [0.1, 0.15) is 0 Å². The fraction of sp³-hybridized carbons (Fsp3) is 0.360. The van der Waals surface area contributed by atoms with E-state index in [9.17, 15) is 9.59 Å². The van der Waals surface area contributed by atoms with E-state index in [0.29, 0.717) is 28.0 Å². The van der Waals surface area contributed by atoms with Crippen LogP contribution >= 0.6 is 50.9 Å². The van der Waals surface area contributed by atoms with Gasteiger partial charge in [0.2, 0.25) is 5.91 Å². The molecule has 0 saturated carbocycles. The van der Waals surface area contributed by atoms with Gasteiger partial charge in [-0.2, -0.15) is 0 Å². The van der Waals surface area contributed by atoms with Crippen molar-refractivity contribution in [3.8, 4) is 0 Å². The third kappa shape index (κ3) is 7.25. The molecule has 0 radical (unpaired) electrons. The summed E-state index contributed by atoms with van der Waals surface area (Å²) in [6, 6.07) is 8.28. The summed E-state index contributed by atoms with van der Waals surface area (Å²) >= 11 is 17.0. The maximum absolute atomic E-state index is 13.0. The standard InChI is InChI=1S/C25H28BrCl2N5O2S/c1-13(2)8-21(30-24(35)17-7-6-16(27)11-19(17)28)23-31-32-25(33(23)5)36-12-22(34)29-20-10-15(4)14(3)9-18(20)26/h6-7,9-11,13,21H,8,12H2,1-5H3,(H,29,34)(H,30,35)/t21-/m1/s1. The summed E-state index contributed by atoms with van der Waals surface area (Å²) in [6.45, 7) is 8.15. The first kappa shape index (κ1) is 28.5. The molecule has 2 aromatic carbocycles. The number of nitrogens with zero attached hydrogens (tertiary/aromatic N) is 3. The molecule has 2 N–H and O–H groups in total. The number of rotatable bonds is 9. The number of thioether (sulfide) groups is 1. The maximum Gasteiger partial charge on any atom is 0.253 e. The minimum absolute atomic E-state index is 0.155. The molecule has 36 heavy (non-hydrogen) atoms. The van der Waals surface area contributed by atoms with E-state index in [1.165, 1.54) is 17.8 Å². The molecule has 0 aliphatic rings. The Morgan fingerprint density at radius 3 is 2.47 bits per heavy atom. The van der Waals surface area contributed by atoms with Crippen molar-refractivity contribution in [1.29, 1.82) is 0 Å². The third-order valence-electron chi connectivity index (χ3n) is 5.56. The second kappa shape index (κ2) is 12.4. The minimum Gasteiger partial charge on any atom is -0.342 e. The van der Waals surface area contributed by atoms with Gasteiger partial charge in [-0.25, -0.2) is 0 Å².